The van der Waals surface area contributed by atoms with Gasteiger partial charge < -0.3 is 14.6 Å². The third kappa shape index (κ3) is 13.4. The number of carboxylic acid groups (broad SMARTS) is 1. The van der Waals surface area contributed by atoms with Gasteiger partial charge in [0.15, 0.2) is 0 Å². The lowest BCUT2D eigenvalue weighted by molar-refractivity contribution is -0.122. The summed E-state index contributed by atoms with van der Waals surface area (Å²) in [6.07, 6.45) is 4.09. The van der Waals surface area contributed by atoms with Crippen LogP contribution < -0.4 is 4.74 Å². The Hall–Kier alpha value is -2.04. The van der Waals surface area contributed by atoms with Crippen molar-refractivity contribution in [3.8, 4) is 5.75 Å². The van der Waals surface area contributed by atoms with Crippen LogP contribution in [0.15, 0.2) is 24.3 Å². The highest BCUT2D eigenvalue weighted by atomic mass is 16.5. The molecule has 0 fully saturated rings. The second-order valence-corrected chi connectivity index (χ2v) is 4.32. The van der Waals surface area contributed by atoms with Crippen LogP contribution in [0.5, 0.6) is 5.75 Å². The zero-order valence-corrected chi connectivity index (χ0v) is 14.7. The molecule has 0 atom stereocenters. The van der Waals surface area contributed by atoms with Crippen molar-refractivity contribution >= 4 is 12.4 Å². The molecule has 132 valence electrons. The first kappa shape index (κ1) is 23.2. The highest BCUT2D eigenvalue weighted by molar-refractivity contribution is 5.89. The van der Waals surface area contributed by atoms with Crippen molar-refractivity contribution in [3.05, 3.63) is 29.8 Å². The summed E-state index contributed by atoms with van der Waals surface area (Å²) in [6.45, 7) is 9.15. The van der Waals surface area contributed by atoms with Gasteiger partial charge >= 0.3 is 5.97 Å². The number of rotatable bonds is 8. The number of unbranched alkanes of at least 4 members (excludes halogenated alkanes) is 2. The standard InChI is InChI=1S/C15H22O3.C2H6.CH2O2/c1-3-5-11-17-14-9-7-13(8-10-14)15(16)18-12-6-4-2;1-2;2-1-3/h7-10H,3-6,11-12H2,1-2H3;1-2H3;1H,(H,2,3). The maximum Gasteiger partial charge on any atom is 0.338 e. The molecule has 0 aromatic heterocycles. The topological polar surface area (TPSA) is 72.8 Å². The fourth-order valence-electron chi connectivity index (χ4n) is 1.41. The second-order valence-electron chi connectivity index (χ2n) is 4.32. The number of ether oxygens (including phenoxy) is 2. The van der Waals surface area contributed by atoms with Crippen LogP contribution in [0, 0.1) is 0 Å². The van der Waals surface area contributed by atoms with Crippen LogP contribution in [0.2, 0.25) is 0 Å². The number of benzene rings is 1. The van der Waals surface area contributed by atoms with Gasteiger partial charge in [-0.25, -0.2) is 4.79 Å². The molecule has 0 saturated heterocycles. The smallest absolute Gasteiger partial charge is 0.338 e. The molecule has 1 rings (SSSR count). The van der Waals surface area contributed by atoms with Gasteiger partial charge in [-0.1, -0.05) is 40.5 Å². The van der Waals surface area contributed by atoms with E-state index in [1.807, 2.05) is 26.0 Å². The molecule has 0 heterocycles. The van der Waals surface area contributed by atoms with Crippen LogP contribution in [-0.2, 0) is 9.53 Å². The van der Waals surface area contributed by atoms with Gasteiger partial charge in [0.1, 0.15) is 5.75 Å². The predicted molar refractivity (Wildman–Crippen MR) is 92.1 cm³/mol. The minimum Gasteiger partial charge on any atom is -0.494 e. The average molecular weight is 326 g/mol. The largest absolute Gasteiger partial charge is 0.494 e. The molecule has 0 aliphatic carbocycles. The van der Waals surface area contributed by atoms with Crippen LogP contribution in [0.1, 0.15) is 63.7 Å². The molecule has 0 radical (unpaired) electrons. The van der Waals surface area contributed by atoms with Crippen molar-refractivity contribution in [2.45, 2.75) is 53.4 Å². The molecule has 1 aromatic rings. The fourth-order valence-corrected chi connectivity index (χ4v) is 1.41. The Bertz CT molecular complexity index is 387. The molecule has 1 aromatic carbocycles. The molecule has 23 heavy (non-hydrogen) atoms. The third-order valence-electron chi connectivity index (χ3n) is 2.59. The minimum absolute atomic E-state index is 0.250. The molecule has 0 unspecified atom stereocenters. The van der Waals surface area contributed by atoms with E-state index < -0.39 is 0 Å². The van der Waals surface area contributed by atoms with Gasteiger partial charge in [0.05, 0.1) is 18.8 Å². The number of esters is 1. The van der Waals surface area contributed by atoms with E-state index in [1.165, 1.54) is 0 Å². The molecule has 0 amide bonds. The number of carbonyl (C=O) groups excluding carboxylic acids is 1. The lowest BCUT2D eigenvalue weighted by Gasteiger charge is -2.07. The normalized spacial score (nSPS) is 8.70. The average Bonchev–Trinajstić information content (AvgIpc) is 2.58. The monoisotopic (exact) mass is 326 g/mol. The Morgan fingerprint density at radius 1 is 1.04 bits per heavy atom. The lowest BCUT2D eigenvalue weighted by atomic mass is 10.2. The van der Waals surface area contributed by atoms with Crippen molar-refractivity contribution in [3.63, 3.8) is 0 Å². The van der Waals surface area contributed by atoms with E-state index in [2.05, 4.69) is 13.8 Å². The highest BCUT2D eigenvalue weighted by Crippen LogP contribution is 2.13. The Kier molecular flexibility index (Phi) is 18.2. The summed E-state index contributed by atoms with van der Waals surface area (Å²) in [5.41, 5.74) is 0.578. The summed E-state index contributed by atoms with van der Waals surface area (Å²) in [5, 5.41) is 6.89. The first-order valence-electron chi connectivity index (χ1n) is 8.17. The summed E-state index contributed by atoms with van der Waals surface area (Å²) in [7, 11) is 0. The highest BCUT2D eigenvalue weighted by Gasteiger charge is 2.06. The van der Waals surface area contributed by atoms with Crippen LogP contribution in [0.3, 0.4) is 0 Å². The van der Waals surface area contributed by atoms with Crippen molar-refractivity contribution in [2.75, 3.05) is 13.2 Å². The molecular weight excluding hydrogens is 296 g/mol. The van der Waals surface area contributed by atoms with Gasteiger partial charge in [-0.2, -0.15) is 0 Å². The lowest BCUT2D eigenvalue weighted by Crippen LogP contribution is -2.06. The van der Waals surface area contributed by atoms with E-state index in [1.54, 1.807) is 12.1 Å². The molecule has 0 spiro atoms. The second kappa shape index (κ2) is 18.0. The quantitative estimate of drug-likeness (QED) is 0.431. The summed E-state index contributed by atoms with van der Waals surface area (Å²) in [5.74, 6) is 0.539. The van der Waals surface area contributed by atoms with Gasteiger partial charge in [0, 0.05) is 0 Å². The first-order valence-corrected chi connectivity index (χ1v) is 8.17. The van der Waals surface area contributed by atoms with E-state index in [0.717, 1.165) is 38.0 Å². The predicted octanol–water partition coefficient (Wildman–Crippen LogP) is 4.55. The van der Waals surface area contributed by atoms with Crippen molar-refractivity contribution in [1.29, 1.82) is 0 Å². The van der Waals surface area contributed by atoms with E-state index in [9.17, 15) is 4.79 Å². The van der Waals surface area contributed by atoms with Gasteiger partial charge in [0.25, 0.3) is 6.47 Å². The zero-order valence-electron chi connectivity index (χ0n) is 14.7. The summed E-state index contributed by atoms with van der Waals surface area (Å²) >= 11 is 0. The maximum atomic E-state index is 11.6. The molecule has 0 aliphatic rings. The van der Waals surface area contributed by atoms with E-state index in [4.69, 9.17) is 19.4 Å². The summed E-state index contributed by atoms with van der Waals surface area (Å²) < 4.78 is 10.7. The summed E-state index contributed by atoms with van der Waals surface area (Å²) in [4.78, 5) is 20.0. The van der Waals surface area contributed by atoms with Crippen molar-refractivity contribution in [2.24, 2.45) is 0 Å². The van der Waals surface area contributed by atoms with Crippen LogP contribution >= 0.6 is 0 Å². The number of hydrogen-bond acceptors (Lipinski definition) is 4. The molecule has 5 heteroatoms. The van der Waals surface area contributed by atoms with Gasteiger partial charge in [-0.15, -0.1) is 0 Å². The van der Waals surface area contributed by atoms with Crippen LogP contribution in [-0.4, -0.2) is 30.8 Å². The van der Waals surface area contributed by atoms with Gasteiger partial charge in [-0.05, 0) is 37.1 Å². The Balaban J connectivity index is 0. The van der Waals surface area contributed by atoms with Gasteiger partial charge in [0.2, 0.25) is 0 Å². The van der Waals surface area contributed by atoms with Gasteiger partial charge in [-0.3, -0.25) is 4.79 Å². The molecule has 1 N–H and O–H groups in total. The van der Waals surface area contributed by atoms with E-state index in [0.29, 0.717) is 12.2 Å². The SMILES string of the molecule is CC.CCCCOC(=O)c1ccc(OCCCC)cc1.O=CO. The fraction of sp³-hybridized carbons (Fsp3) is 0.556. The Morgan fingerprint density at radius 3 is 2.00 bits per heavy atom. The van der Waals surface area contributed by atoms with Crippen LogP contribution in [0.25, 0.3) is 0 Å². The van der Waals surface area contributed by atoms with Crippen LogP contribution in [0.4, 0.5) is 0 Å². The van der Waals surface area contributed by atoms with E-state index >= 15 is 0 Å². The molecule has 0 bridgehead atoms. The first-order chi connectivity index (χ1) is 11.2. The molecule has 0 aliphatic heterocycles. The number of carbonyl (C=O) groups is 2. The maximum absolute atomic E-state index is 11.6. The number of hydrogen-bond donors (Lipinski definition) is 1. The third-order valence-corrected chi connectivity index (χ3v) is 2.59. The molecule has 0 saturated carbocycles. The zero-order chi connectivity index (χ0) is 17.9. The summed E-state index contributed by atoms with van der Waals surface area (Å²) in [6, 6.07) is 7.11. The van der Waals surface area contributed by atoms with E-state index in [-0.39, 0.29) is 12.4 Å². The van der Waals surface area contributed by atoms with Crippen molar-refractivity contribution in [1.82, 2.24) is 0 Å². The minimum atomic E-state index is -0.261. The molecular formula is C18H30O5. The Morgan fingerprint density at radius 2 is 1.52 bits per heavy atom. The Labute approximate surface area is 139 Å². The molecule has 5 nitrogen and oxygen atoms in total. The van der Waals surface area contributed by atoms with Crippen molar-refractivity contribution < 1.29 is 24.2 Å².